The van der Waals surface area contributed by atoms with E-state index in [-0.39, 0.29) is 31.3 Å². The number of fused-ring (bicyclic) bond motifs is 2. The largest absolute Gasteiger partial charge is 0.441 e. The van der Waals surface area contributed by atoms with E-state index in [1.165, 1.54) is 7.11 Å². The summed E-state index contributed by atoms with van der Waals surface area (Å²) < 4.78 is 21.8. The number of benzene rings is 2. The maximum atomic E-state index is 12.4. The molecule has 2 heterocycles. The van der Waals surface area contributed by atoms with E-state index in [4.69, 9.17) is 18.9 Å². The van der Waals surface area contributed by atoms with Crippen LogP contribution in [-0.2, 0) is 23.7 Å². The Morgan fingerprint density at radius 2 is 1.86 bits per heavy atom. The third-order valence-corrected chi connectivity index (χ3v) is 4.91. The first kappa shape index (κ1) is 18.7. The molecule has 28 heavy (non-hydrogen) atoms. The van der Waals surface area contributed by atoms with Crippen molar-refractivity contribution in [2.45, 2.75) is 24.4 Å². The number of amides is 2. The van der Waals surface area contributed by atoms with Crippen molar-refractivity contribution in [2.75, 3.05) is 32.2 Å². The zero-order chi connectivity index (χ0) is 19.5. The van der Waals surface area contributed by atoms with Gasteiger partial charge in [-0.15, -0.1) is 0 Å². The average molecular weight is 386 g/mol. The number of hydrogen-bond donors (Lipinski definition) is 2. The van der Waals surface area contributed by atoms with Gasteiger partial charge in [0.25, 0.3) is 0 Å². The third-order valence-electron chi connectivity index (χ3n) is 4.91. The second kappa shape index (κ2) is 8.14. The normalized spacial score (nSPS) is 26.0. The Hall–Kier alpha value is -2.68. The van der Waals surface area contributed by atoms with Crippen LogP contribution in [0.1, 0.15) is 0 Å². The van der Waals surface area contributed by atoms with Gasteiger partial charge in [-0.05, 0) is 11.5 Å². The van der Waals surface area contributed by atoms with Gasteiger partial charge in [0, 0.05) is 12.5 Å². The first-order chi connectivity index (χ1) is 13.7. The van der Waals surface area contributed by atoms with Crippen molar-refractivity contribution in [3.63, 3.8) is 0 Å². The Morgan fingerprint density at radius 3 is 2.71 bits per heavy atom. The lowest BCUT2D eigenvalue weighted by molar-refractivity contribution is -0.126. The van der Waals surface area contributed by atoms with Crippen LogP contribution in [0, 0.1) is 0 Å². The summed E-state index contributed by atoms with van der Waals surface area (Å²) in [4.78, 5) is 24.1. The minimum Gasteiger partial charge on any atom is -0.441 e. The van der Waals surface area contributed by atoms with Gasteiger partial charge in [0.1, 0.15) is 18.8 Å². The molecule has 0 spiro atoms. The van der Waals surface area contributed by atoms with Crippen LogP contribution in [0.5, 0.6) is 0 Å². The molecule has 8 heteroatoms. The van der Waals surface area contributed by atoms with Gasteiger partial charge < -0.3 is 24.3 Å². The smallest absolute Gasteiger partial charge is 0.412 e. The topological polar surface area (TPSA) is 95.1 Å². The summed E-state index contributed by atoms with van der Waals surface area (Å²) in [5, 5.41) is 7.57. The van der Waals surface area contributed by atoms with Gasteiger partial charge in [0.15, 0.2) is 6.10 Å². The van der Waals surface area contributed by atoms with E-state index < -0.39 is 18.3 Å². The molecule has 2 saturated heterocycles. The van der Waals surface area contributed by atoms with Crippen molar-refractivity contribution >= 4 is 28.5 Å². The predicted molar refractivity (Wildman–Crippen MR) is 101 cm³/mol. The van der Waals surface area contributed by atoms with Crippen molar-refractivity contribution in [1.82, 2.24) is 5.32 Å². The molecule has 0 radical (unpaired) electrons. The van der Waals surface area contributed by atoms with Crippen LogP contribution in [0.15, 0.2) is 42.5 Å². The first-order valence-corrected chi connectivity index (χ1v) is 9.12. The van der Waals surface area contributed by atoms with Crippen molar-refractivity contribution < 1.29 is 28.5 Å². The van der Waals surface area contributed by atoms with E-state index in [0.717, 1.165) is 10.8 Å². The van der Waals surface area contributed by atoms with Gasteiger partial charge in [-0.3, -0.25) is 10.1 Å². The Labute approximate surface area is 162 Å². The number of ether oxygens (including phenoxy) is 4. The van der Waals surface area contributed by atoms with E-state index in [1.807, 2.05) is 42.5 Å². The van der Waals surface area contributed by atoms with Gasteiger partial charge >= 0.3 is 6.09 Å². The number of nitrogens with one attached hydrogen (secondary N) is 2. The molecule has 2 fully saturated rings. The first-order valence-electron chi connectivity index (χ1n) is 9.12. The minimum absolute atomic E-state index is 0.0265. The predicted octanol–water partition coefficient (Wildman–Crippen LogP) is 1.69. The van der Waals surface area contributed by atoms with Crippen LogP contribution in [0.2, 0.25) is 0 Å². The number of rotatable bonds is 5. The summed E-state index contributed by atoms with van der Waals surface area (Å²) in [7, 11) is 1.46. The molecule has 4 unspecified atom stereocenters. The van der Waals surface area contributed by atoms with Gasteiger partial charge in [-0.1, -0.05) is 36.4 Å². The summed E-state index contributed by atoms with van der Waals surface area (Å²) in [6.45, 7) is 0.492. The van der Waals surface area contributed by atoms with Crippen LogP contribution in [0.25, 0.3) is 10.8 Å². The molecule has 4 rings (SSSR count). The fourth-order valence-corrected chi connectivity index (χ4v) is 3.68. The van der Waals surface area contributed by atoms with Crippen molar-refractivity contribution in [1.29, 1.82) is 0 Å². The summed E-state index contributed by atoms with van der Waals surface area (Å²) in [5.74, 6) is -0.238. The van der Waals surface area contributed by atoms with Crippen LogP contribution >= 0.6 is 0 Å². The molecule has 4 atom stereocenters. The molecule has 0 bridgehead atoms. The van der Waals surface area contributed by atoms with Gasteiger partial charge in [-0.25, -0.2) is 4.79 Å². The summed E-state index contributed by atoms with van der Waals surface area (Å²) in [6, 6.07) is 13.2. The number of anilines is 1. The van der Waals surface area contributed by atoms with Crippen molar-refractivity contribution in [2.24, 2.45) is 0 Å². The van der Waals surface area contributed by atoms with E-state index in [0.29, 0.717) is 12.3 Å². The monoisotopic (exact) mass is 386 g/mol. The van der Waals surface area contributed by atoms with Crippen molar-refractivity contribution in [3.8, 4) is 0 Å². The Balaban J connectivity index is 1.36. The van der Waals surface area contributed by atoms with Crippen LogP contribution in [0.4, 0.5) is 10.5 Å². The summed E-state index contributed by atoms with van der Waals surface area (Å²) in [6.07, 6.45) is -1.87. The molecular formula is C20H22N2O6. The second-order valence-corrected chi connectivity index (χ2v) is 6.80. The highest BCUT2D eigenvalue weighted by atomic mass is 16.6. The Morgan fingerprint density at radius 1 is 1.07 bits per heavy atom. The number of carbonyl (C=O) groups is 2. The molecule has 2 aromatic rings. The molecule has 2 N–H and O–H groups in total. The van der Waals surface area contributed by atoms with Crippen LogP contribution in [-0.4, -0.2) is 63.3 Å². The molecule has 2 aliphatic heterocycles. The second-order valence-electron chi connectivity index (χ2n) is 6.80. The zero-order valence-electron chi connectivity index (χ0n) is 15.4. The zero-order valence-corrected chi connectivity index (χ0v) is 15.4. The minimum atomic E-state index is -0.568. The van der Waals surface area contributed by atoms with Gasteiger partial charge in [-0.2, -0.15) is 0 Å². The molecule has 2 amide bonds. The van der Waals surface area contributed by atoms with Gasteiger partial charge in [0.2, 0.25) is 5.91 Å². The number of methoxy groups -OCH3 is 1. The fourth-order valence-electron chi connectivity index (χ4n) is 3.68. The van der Waals surface area contributed by atoms with Crippen LogP contribution in [0.3, 0.4) is 0 Å². The molecule has 2 aromatic carbocycles. The number of hydrogen-bond acceptors (Lipinski definition) is 6. The third kappa shape index (κ3) is 3.80. The molecule has 0 saturated carbocycles. The quantitative estimate of drug-likeness (QED) is 0.812. The Bertz CT molecular complexity index is 867. The average Bonchev–Trinajstić information content (AvgIpc) is 3.26. The maximum Gasteiger partial charge on any atom is 0.412 e. The summed E-state index contributed by atoms with van der Waals surface area (Å²) in [5.41, 5.74) is 0.676. The van der Waals surface area contributed by atoms with E-state index in [2.05, 4.69) is 10.6 Å². The number of carbonyl (C=O) groups excluding carboxylic acids is 2. The molecule has 2 aliphatic rings. The molecule has 0 aromatic heterocycles. The van der Waals surface area contributed by atoms with E-state index in [9.17, 15) is 9.59 Å². The molecule has 0 aliphatic carbocycles. The fraction of sp³-hybridized carbons (Fsp3) is 0.400. The Kier molecular flexibility index (Phi) is 5.43. The molecule has 148 valence electrons. The summed E-state index contributed by atoms with van der Waals surface area (Å²) >= 11 is 0. The van der Waals surface area contributed by atoms with Crippen molar-refractivity contribution in [3.05, 3.63) is 42.5 Å². The lowest BCUT2D eigenvalue weighted by Gasteiger charge is -2.18. The highest BCUT2D eigenvalue weighted by molar-refractivity contribution is 6.00. The lowest BCUT2D eigenvalue weighted by Crippen LogP contribution is -2.45. The van der Waals surface area contributed by atoms with Crippen LogP contribution < -0.4 is 10.6 Å². The molecule has 8 nitrogen and oxygen atoms in total. The highest BCUT2D eigenvalue weighted by Gasteiger charge is 2.50. The standard InChI is InChI=1S/C20H22N2O6/c1-25-11-17(23)21-15-9-26-19-16(10-27-18(15)19)28-20(24)22-14-8-4-6-12-5-2-3-7-13(12)14/h2-8,15-16,18-19H,9-11H2,1H3,(H,21,23)(H,22,24). The maximum absolute atomic E-state index is 12.4. The SMILES string of the molecule is COCC(=O)NC1COC2C(OC(=O)Nc3cccc4ccccc34)COC12. The van der Waals surface area contributed by atoms with Gasteiger partial charge in [0.05, 0.1) is 24.9 Å². The molecular weight excluding hydrogens is 364 g/mol. The highest BCUT2D eigenvalue weighted by Crippen LogP contribution is 2.29. The van der Waals surface area contributed by atoms with E-state index >= 15 is 0 Å². The lowest BCUT2D eigenvalue weighted by atomic mass is 10.1. The van der Waals surface area contributed by atoms with E-state index in [1.54, 1.807) is 0 Å².